The van der Waals surface area contributed by atoms with Crippen molar-refractivity contribution in [3.8, 4) is 22.3 Å². The first-order valence-corrected chi connectivity index (χ1v) is 17.8. The highest BCUT2D eigenvalue weighted by Crippen LogP contribution is 2.46. The van der Waals surface area contributed by atoms with Gasteiger partial charge >= 0.3 is 0 Å². The van der Waals surface area contributed by atoms with Crippen molar-refractivity contribution < 1.29 is 0 Å². The fraction of sp³-hybridized carbons (Fsp3) is 0.0213. The third-order valence-electron chi connectivity index (χ3n) is 9.77. The van der Waals surface area contributed by atoms with Gasteiger partial charge in [-0.05, 0) is 104 Å². The maximum Gasteiger partial charge on any atom is 0.0943 e. The Labute approximate surface area is 296 Å². The van der Waals surface area contributed by atoms with E-state index in [1.807, 2.05) is 6.92 Å². The lowest BCUT2D eigenvalue weighted by molar-refractivity contribution is 1.30. The van der Waals surface area contributed by atoms with Crippen molar-refractivity contribution in [2.75, 3.05) is 10.6 Å². The van der Waals surface area contributed by atoms with Crippen LogP contribution in [0.15, 0.2) is 170 Å². The van der Waals surface area contributed by atoms with E-state index in [9.17, 15) is 0 Å². The van der Waals surface area contributed by atoms with E-state index >= 15 is 0 Å². The molecule has 8 aromatic carbocycles. The van der Waals surface area contributed by atoms with Gasteiger partial charge in [0.15, 0.2) is 0 Å². The first kappa shape index (κ1) is 29.9. The average Bonchev–Trinajstić information content (AvgIpc) is 3.50. The second kappa shape index (κ2) is 12.4. The number of hydrogen-bond donors (Lipinski definition) is 1. The van der Waals surface area contributed by atoms with Gasteiger partial charge < -0.3 is 10.6 Å². The lowest BCUT2D eigenvalue weighted by atomic mass is 9.91. The standard InChI is InChI=1S/C47H34N2S/c1-2-11-41-46-44(18-10-19-45(46)50-47(41)48)49(35-25-20-32(21-26-35)31-12-4-3-5-13-31)36-27-22-34(23-28-36)42-30-43-37-15-7-6-14-33(37)24-29-40(43)38-16-8-9-17-39(38)42/h2-30H,48H2,1H3/b11-2-. The Hall–Kier alpha value is -6.16. The SMILES string of the molecule is C/C=C\c1c(N)sc2cccc(N(c3ccc(-c4ccccc4)cc3)c3ccc(-c4cc5c6ccccc6ccc5c5ccccc45)cc3)c12. The zero-order valence-electron chi connectivity index (χ0n) is 27.7. The Morgan fingerprint density at radius 2 is 1.14 bits per heavy atom. The van der Waals surface area contributed by atoms with Crippen LogP contribution in [0.5, 0.6) is 0 Å². The van der Waals surface area contributed by atoms with Gasteiger partial charge in [0, 0.05) is 27.0 Å². The molecule has 3 heteroatoms. The summed E-state index contributed by atoms with van der Waals surface area (Å²) in [6, 6.07) is 59.4. The third kappa shape index (κ3) is 5.03. The van der Waals surface area contributed by atoms with Crippen LogP contribution in [-0.2, 0) is 0 Å². The second-order valence-electron chi connectivity index (χ2n) is 12.7. The minimum absolute atomic E-state index is 0.830. The van der Waals surface area contributed by atoms with Gasteiger partial charge in [-0.1, -0.05) is 133 Å². The summed E-state index contributed by atoms with van der Waals surface area (Å²) < 4.78 is 1.17. The third-order valence-corrected chi connectivity index (χ3v) is 10.8. The van der Waals surface area contributed by atoms with Crippen LogP contribution in [0.2, 0.25) is 0 Å². The highest BCUT2D eigenvalue weighted by atomic mass is 32.1. The molecule has 2 nitrogen and oxygen atoms in total. The van der Waals surface area contributed by atoms with Gasteiger partial charge in [-0.2, -0.15) is 0 Å². The first-order valence-electron chi connectivity index (χ1n) is 17.0. The molecule has 0 saturated heterocycles. The number of hydrogen-bond acceptors (Lipinski definition) is 3. The predicted molar refractivity (Wildman–Crippen MR) is 219 cm³/mol. The molecule has 0 aliphatic carbocycles. The smallest absolute Gasteiger partial charge is 0.0943 e. The predicted octanol–water partition coefficient (Wildman–Crippen LogP) is 13.8. The van der Waals surface area contributed by atoms with Crippen molar-refractivity contribution in [2.24, 2.45) is 0 Å². The Morgan fingerprint density at radius 1 is 0.520 bits per heavy atom. The Kier molecular flexibility index (Phi) is 7.41. The molecule has 1 aromatic heterocycles. The van der Waals surface area contributed by atoms with Crippen molar-refractivity contribution in [2.45, 2.75) is 6.92 Å². The molecular weight excluding hydrogens is 625 g/mol. The van der Waals surface area contributed by atoms with Crippen LogP contribution in [0.3, 0.4) is 0 Å². The van der Waals surface area contributed by atoms with Crippen LogP contribution in [-0.4, -0.2) is 0 Å². The van der Waals surface area contributed by atoms with Gasteiger partial charge in [0.1, 0.15) is 0 Å². The molecule has 0 aliphatic heterocycles. The fourth-order valence-corrected chi connectivity index (χ4v) is 8.42. The molecule has 2 N–H and O–H groups in total. The number of allylic oxidation sites excluding steroid dienone is 1. The number of nitrogen functional groups attached to an aromatic ring is 1. The fourth-order valence-electron chi connectivity index (χ4n) is 7.44. The number of benzene rings is 8. The maximum atomic E-state index is 6.62. The van der Waals surface area contributed by atoms with Crippen molar-refractivity contribution in [1.29, 1.82) is 0 Å². The van der Waals surface area contributed by atoms with Crippen LogP contribution < -0.4 is 10.6 Å². The number of anilines is 4. The number of nitrogens with zero attached hydrogens (tertiary/aromatic N) is 1. The minimum Gasteiger partial charge on any atom is -0.390 e. The average molecular weight is 659 g/mol. The number of nitrogens with two attached hydrogens (primary N) is 1. The molecule has 0 radical (unpaired) electrons. The molecule has 50 heavy (non-hydrogen) atoms. The summed E-state index contributed by atoms with van der Waals surface area (Å²) in [4.78, 5) is 2.37. The number of rotatable bonds is 6. The lowest BCUT2D eigenvalue weighted by Gasteiger charge is -2.27. The van der Waals surface area contributed by atoms with Gasteiger partial charge in [0.05, 0.1) is 10.7 Å². The van der Waals surface area contributed by atoms with Crippen molar-refractivity contribution in [1.82, 2.24) is 0 Å². The highest BCUT2D eigenvalue weighted by molar-refractivity contribution is 7.23. The van der Waals surface area contributed by atoms with Gasteiger partial charge in [-0.25, -0.2) is 0 Å². The molecule has 0 aliphatic rings. The Morgan fingerprint density at radius 3 is 1.88 bits per heavy atom. The first-order chi connectivity index (χ1) is 24.7. The molecular formula is C47H34N2S. The molecule has 0 bridgehead atoms. The molecule has 0 amide bonds. The maximum absolute atomic E-state index is 6.62. The number of fused-ring (bicyclic) bond motifs is 6. The number of thiophene rings is 1. The monoisotopic (exact) mass is 658 g/mol. The summed E-state index contributed by atoms with van der Waals surface area (Å²) in [6.45, 7) is 2.05. The van der Waals surface area contributed by atoms with E-state index in [1.54, 1.807) is 11.3 Å². The van der Waals surface area contributed by atoms with E-state index < -0.39 is 0 Å². The summed E-state index contributed by atoms with van der Waals surface area (Å²) in [6.07, 6.45) is 4.20. The second-order valence-corrected chi connectivity index (χ2v) is 13.8. The molecule has 1 heterocycles. The largest absolute Gasteiger partial charge is 0.390 e. The van der Waals surface area contributed by atoms with E-state index in [1.165, 1.54) is 59.3 Å². The molecule has 9 rings (SSSR count). The van der Waals surface area contributed by atoms with E-state index in [4.69, 9.17) is 5.73 Å². The van der Waals surface area contributed by atoms with Crippen molar-refractivity contribution >= 4 is 81.9 Å². The molecule has 9 aromatic rings. The summed E-state index contributed by atoms with van der Waals surface area (Å²) in [5.41, 5.74) is 15.8. The summed E-state index contributed by atoms with van der Waals surface area (Å²) >= 11 is 1.64. The zero-order valence-corrected chi connectivity index (χ0v) is 28.5. The zero-order chi connectivity index (χ0) is 33.6. The molecule has 238 valence electrons. The van der Waals surface area contributed by atoms with Crippen LogP contribution in [0.1, 0.15) is 12.5 Å². The van der Waals surface area contributed by atoms with Crippen LogP contribution in [0, 0.1) is 0 Å². The normalized spacial score (nSPS) is 11.7. The summed E-state index contributed by atoms with van der Waals surface area (Å²) in [7, 11) is 0. The molecule has 0 saturated carbocycles. The molecule has 0 spiro atoms. The van der Waals surface area contributed by atoms with Crippen molar-refractivity contribution in [3.63, 3.8) is 0 Å². The quantitative estimate of drug-likeness (QED) is 0.180. The highest BCUT2D eigenvalue weighted by Gasteiger charge is 2.20. The van der Waals surface area contributed by atoms with Crippen LogP contribution in [0.4, 0.5) is 22.1 Å². The Bertz CT molecular complexity index is 2700. The van der Waals surface area contributed by atoms with E-state index in [2.05, 4.69) is 181 Å². The van der Waals surface area contributed by atoms with Gasteiger partial charge in [0.2, 0.25) is 0 Å². The minimum atomic E-state index is 0.830. The van der Waals surface area contributed by atoms with Gasteiger partial charge in [-0.3, -0.25) is 0 Å². The topological polar surface area (TPSA) is 29.3 Å². The van der Waals surface area contributed by atoms with E-state index in [0.717, 1.165) is 33.0 Å². The Balaban J connectivity index is 1.22. The molecule has 0 fully saturated rings. The van der Waals surface area contributed by atoms with Crippen LogP contribution in [0.25, 0.3) is 70.7 Å². The van der Waals surface area contributed by atoms with Gasteiger partial charge in [-0.15, -0.1) is 11.3 Å². The molecule has 0 unspecified atom stereocenters. The van der Waals surface area contributed by atoms with Gasteiger partial charge in [0.25, 0.3) is 0 Å². The summed E-state index contributed by atoms with van der Waals surface area (Å²) in [5.74, 6) is 0. The van der Waals surface area contributed by atoms with Crippen molar-refractivity contribution in [3.05, 3.63) is 175 Å². The van der Waals surface area contributed by atoms with E-state index in [-0.39, 0.29) is 0 Å². The lowest BCUT2D eigenvalue weighted by Crippen LogP contribution is -2.10. The van der Waals surface area contributed by atoms with E-state index in [0.29, 0.717) is 0 Å². The summed E-state index contributed by atoms with van der Waals surface area (Å²) in [5, 5.41) is 9.61. The molecule has 0 atom stereocenters. The van der Waals surface area contributed by atoms with Crippen LogP contribution >= 0.6 is 11.3 Å².